The molecule has 28 heavy (non-hydrogen) atoms. The summed E-state index contributed by atoms with van der Waals surface area (Å²) in [5, 5.41) is 6.77. The van der Waals surface area contributed by atoms with Crippen LogP contribution in [-0.2, 0) is 13.0 Å². The van der Waals surface area contributed by atoms with E-state index in [4.69, 9.17) is 0 Å². The number of aromatic nitrogens is 1. The smallest absolute Gasteiger partial charge is 0.191 e. The summed E-state index contributed by atoms with van der Waals surface area (Å²) in [7, 11) is 1.81. The summed E-state index contributed by atoms with van der Waals surface area (Å²) in [5.41, 5.74) is 2.55. The molecule has 1 saturated heterocycles. The third-order valence-electron chi connectivity index (χ3n) is 5.20. The van der Waals surface area contributed by atoms with E-state index in [1.165, 1.54) is 36.8 Å². The van der Waals surface area contributed by atoms with Crippen LogP contribution in [0.4, 0.5) is 5.82 Å². The minimum absolute atomic E-state index is 0.728. The summed E-state index contributed by atoms with van der Waals surface area (Å²) in [6.45, 7) is 3.89. The standard InChI is InChI=1S/C23H33N5/c1-24-23(25-15-9-12-20-10-5-4-6-11-20)27-19-21-13-14-22(26-18-21)28-16-7-2-3-8-17-28/h4-6,10-11,13-14,18H,2-3,7-9,12,15-17,19H2,1H3,(H2,24,25,27). The van der Waals surface area contributed by atoms with Gasteiger partial charge < -0.3 is 15.5 Å². The number of pyridine rings is 1. The summed E-state index contributed by atoms with van der Waals surface area (Å²) in [4.78, 5) is 11.4. The number of hydrogen-bond donors (Lipinski definition) is 2. The van der Waals surface area contributed by atoms with Crippen molar-refractivity contribution in [1.29, 1.82) is 0 Å². The molecule has 150 valence electrons. The number of benzene rings is 1. The van der Waals surface area contributed by atoms with Gasteiger partial charge in [-0.15, -0.1) is 0 Å². The molecule has 0 unspecified atom stereocenters. The van der Waals surface area contributed by atoms with E-state index in [9.17, 15) is 0 Å². The van der Waals surface area contributed by atoms with E-state index >= 15 is 0 Å². The van der Waals surface area contributed by atoms with Gasteiger partial charge in [0, 0.05) is 39.4 Å². The molecule has 0 amide bonds. The monoisotopic (exact) mass is 379 g/mol. The highest BCUT2D eigenvalue weighted by Crippen LogP contribution is 2.17. The summed E-state index contributed by atoms with van der Waals surface area (Å²) < 4.78 is 0. The van der Waals surface area contributed by atoms with Crippen LogP contribution >= 0.6 is 0 Å². The van der Waals surface area contributed by atoms with Gasteiger partial charge in [0.25, 0.3) is 0 Å². The predicted octanol–water partition coefficient (Wildman–Crippen LogP) is 3.76. The Labute approximate surface area is 169 Å². The van der Waals surface area contributed by atoms with E-state index < -0.39 is 0 Å². The lowest BCUT2D eigenvalue weighted by Crippen LogP contribution is -2.37. The number of aryl methyl sites for hydroxylation is 1. The molecule has 3 rings (SSSR count). The molecule has 2 aromatic rings. The predicted molar refractivity (Wildman–Crippen MR) is 118 cm³/mol. The lowest BCUT2D eigenvalue weighted by molar-refractivity contribution is 0.726. The normalized spacial score (nSPS) is 15.2. The molecule has 1 aromatic heterocycles. The van der Waals surface area contributed by atoms with Crippen molar-refractivity contribution in [3.05, 3.63) is 59.8 Å². The Balaban J connectivity index is 1.39. The Morgan fingerprint density at radius 1 is 0.964 bits per heavy atom. The van der Waals surface area contributed by atoms with Gasteiger partial charge in [-0.25, -0.2) is 4.98 Å². The minimum Gasteiger partial charge on any atom is -0.357 e. The highest BCUT2D eigenvalue weighted by atomic mass is 15.2. The van der Waals surface area contributed by atoms with Gasteiger partial charge in [0.2, 0.25) is 0 Å². The average molecular weight is 380 g/mol. The molecular weight excluding hydrogens is 346 g/mol. The molecule has 1 fully saturated rings. The van der Waals surface area contributed by atoms with Crippen LogP contribution in [0, 0.1) is 0 Å². The first-order valence-electron chi connectivity index (χ1n) is 10.5. The fraction of sp³-hybridized carbons (Fsp3) is 0.478. The Morgan fingerprint density at radius 2 is 1.75 bits per heavy atom. The van der Waals surface area contributed by atoms with Crippen molar-refractivity contribution in [2.24, 2.45) is 4.99 Å². The second-order valence-electron chi connectivity index (χ2n) is 7.37. The zero-order valence-electron chi connectivity index (χ0n) is 17.0. The lowest BCUT2D eigenvalue weighted by atomic mass is 10.1. The van der Waals surface area contributed by atoms with E-state index in [0.29, 0.717) is 0 Å². The Hall–Kier alpha value is -2.56. The van der Waals surface area contributed by atoms with Gasteiger partial charge >= 0.3 is 0 Å². The molecule has 0 saturated carbocycles. The molecule has 0 atom stereocenters. The van der Waals surface area contributed by atoms with E-state index in [2.05, 4.69) is 68.0 Å². The number of aliphatic imine (C=N–C) groups is 1. The van der Waals surface area contributed by atoms with Gasteiger partial charge in [0.05, 0.1) is 0 Å². The number of anilines is 1. The van der Waals surface area contributed by atoms with E-state index in [0.717, 1.165) is 50.8 Å². The molecule has 5 nitrogen and oxygen atoms in total. The van der Waals surface area contributed by atoms with Gasteiger partial charge in [-0.05, 0) is 42.9 Å². The molecule has 1 aliphatic heterocycles. The molecule has 1 aromatic carbocycles. The molecule has 1 aliphatic rings. The maximum absolute atomic E-state index is 4.68. The zero-order chi connectivity index (χ0) is 19.4. The summed E-state index contributed by atoms with van der Waals surface area (Å²) in [6.07, 6.45) is 9.37. The molecule has 0 aliphatic carbocycles. The first kappa shape index (κ1) is 20.2. The van der Waals surface area contributed by atoms with Crippen LogP contribution in [0.3, 0.4) is 0 Å². The third-order valence-corrected chi connectivity index (χ3v) is 5.20. The maximum atomic E-state index is 4.68. The highest BCUT2D eigenvalue weighted by molar-refractivity contribution is 5.79. The van der Waals surface area contributed by atoms with Crippen LogP contribution in [-0.4, -0.2) is 37.6 Å². The number of guanidine groups is 1. The number of nitrogens with zero attached hydrogens (tertiary/aromatic N) is 3. The molecule has 0 radical (unpaired) electrons. The van der Waals surface area contributed by atoms with Gasteiger partial charge in [-0.1, -0.05) is 49.2 Å². The van der Waals surface area contributed by atoms with Crippen LogP contribution in [0.15, 0.2) is 53.7 Å². The van der Waals surface area contributed by atoms with E-state index in [1.807, 2.05) is 13.2 Å². The van der Waals surface area contributed by atoms with Crippen LogP contribution in [0.1, 0.15) is 43.2 Å². The van der Waals surface area contributed by atoms with Crippen molar-refractivity contribution in [1.82, 2.24) is 15.6 Å². The van der Waals surface area contributed by atoms with E-state index in [-0.39, 0.29) is 0 Å². The van der Waals surface area contributed by atoms with Crippen LogP contribution in [0.2, 0.25) is 0 Å². The fourth-order valence-electron chi connectivity index (χ4n) is 3.56. The largest absolute Gasteiger partial charge is 0.357 e. The second kappa shape index (κ2) is 11.3. The van der Waals surface area contributed by atoms with Gasteiger partial charge in [-0.2, -0.15) is 0 Å². The van der Waals surface area contributed by atoms with Crippen molar-refractivity contribution >= 4 is 11.8 Å². The van der Waals surface area contributed by atoms with Gasteiger partial charge in [0.1, 0.15) is 5.82 Å². The SMILES string of the molecule is CN=C(NCCCc1ccccc1)NCc1ccc(N2CCCCCC2)nc1. The molecular formula is C23H33N5. The molecule has 5 heteroatoms. The minimum atomic E-state index is 0.728. The first-order chi connectivity index (χ1) is 13.8. The van der Waals surface area contributed by atoms with Crippen molar-refractivity contribution in [3.8, 4) is 0 Å². The Morgan fingerprint density at radius 3 is 2.43 bits per heavy atom. The fourth-order valence-corrected chi connectivity index (χ4v) is 3.56. The molecule has 0 spiro atoms. The first-order valence-corrected chi connectivity index (χ1v) is 10.5. The van der Waals surface area contributed by atoms with Crippen molar-refractivity contribution < 1.29 is 0 Å². The molecule has 0 bridgehead atoms. The topological polar surface area (TPSA) is 52.6 Å². The molecule has 2 heterocycles. The zero-order valence-corrected chi connectivity index (χ0v) is 17.0. The van der Waals surface area contributed by atoms with E-state index in [1.54, 1.807) is 0 Å². The van der Waals surface area contributed by atoms with Gasteiger partial charge in [0.15, 0.2) is 5.96 Å². The van der Waals surface area contributed by atoms with Crippen molar-refractivity contribution in [3.63, 3.8) is 0 Å². The Bertz CT molecular complexity index is 704. The average Bonchev–Trinajstić information content (AvgIpc) is 3.04. The van der Waals surface area contributed by atoms with Gasteiger partial charge in [-0.3, -0.25) is 4.99 Å². The molecule has 2 N–H and O–H groups in total. The number of rotatable bonds is 7. The van der Waals surface area contributed by atoms with Crippen molar-refractivity contribution in [2.45, 2.75) is 45.1 Å². The summed E-state index contributed by atoms with van der Waals surface area (Å²) in [5.74, 6) is 1.94. The number of hydrogen-bond acceptors (Lipinski definition) is 3. The number of nitrogens with one attached hydrogen (secondary N) is 2. The third kappa shape index (κ3) is 6.55. The summed E-state index contributed by atoms with van der Waals surface area (Å²) >= 11 is 0. The second-order valence-corrected chi connectivity index (χ2v) is 7.37. The lowest BCUT2D eigenvalue weighted by Gasteiger charge is -2.21. The van der Waals surface area contributed by atoms with Crippen molar-refractivity contribution in [2.75, 3.05) is 31.6 Å². The van der Waals surface area contributed by atoms with Crippen LogP contribution < -0.4 is 15.5 Å². The quantitative estimate of drug-likeness (QED) is 0.437. The Kier molecular flexibility index (Phi) is 8.16. The summed E-state index contributed by atoms with van der Waals surface area (Å²) in [6, 6.07) is 14.9. The van der Waals surface area contributed by atoms with Crippen LogP contribution in [0.25, 0.3) is 0 Å². The maximum Gasteiger partial charge on any atom is 0.191 e. The van der Waals surface area contributed by atoms with Crippen LogP contribution in [0.5, 0.6) is 0 Å². The highest BCUT2D eigenvalue weighted by Gasteiger charge is 2.10.